The van der Waals surface area contributed by atoms with E-state index in [1.54, 1.807) is 7.11 Å². The fourth-order valence-electron chi connectivity index (χ4n) is 2.98. The number of piperazine rings is 1. The summed E-state index contributed by atoms with van der Waals surface area (Å²) < 4.78 is 11.4. The van der Waals surface area contributed by atoms with Crippen molar-refractivity contribution in [2.75, 3.05) is 33.4 Å². The fourth-order valence-corrected chi connectivity index (χ4v) is 2.98. The number of ether oxygens (including phenoxy) is 2. The molecule has 0 aliphatic carbocycles. The first kappa shape index (κ1) is 16.8. The van der Waals surface area contributed by atoms with Crippen LogP contribution in [0, 0.1) is 0 Å². The van der Waals surface area contributed by atoms with Gasteiger partial charge in [-0.25, -0.2) is 0 Å². The lowest BCUT2D eigenvalue weighted by Gasteiger charge is -2.25. The Labute approximate surface area is 144 Å². The van der Waals surface area contributed by atoms with Crippen LogP contribution in [0.5, 0.6) is 11.5 Å². The molecule has 2 aromatic carbocycles. The Kier molecular flexibility index (Phi) is 6.10. The second kappa shape index (κ2) is 8.71. The summed E-state index contributed by atoms with van der Waals surface area (Å²) in [5.74, 6) is 1.90. The summed E-state index contributed by atoms with van der Waals surface area (Å²) in [7, 11) is 1.70. The molecule has 0 saturated carbocycles. The number of hydrogen-bond donors (Lipinski definition) is 2. The van der Waals surface area contributed by atoms with Crippen LogP contribution >= 0.6 is 0 Å². The molecule has 1 atom stereocenters. The molecule has 1 heterocycles. The van der Waals surface area contributed by atoms with Gasteiger partial charge in [-0.3, -0.25) is 0 Å². The van der Waals surface area contributed by atoms with Gasteiger partial charge in [0.25, 0.3) is 0 Å². The third-order valence-electron chi connectivity index (χ3n) is 4.36. The second-order valence-corrected chi connectivity index (χ2v) is 6.13. The van der Waals surface area contributed by atoms with Crippen LogP contribution in [0.3, 0.4) is 0 Å². The van der Waals surface area contributed by atoms with Crippen LogP contribution in [0.2, 0.25) is 0 Å². The molecule has 0 radical (unpaired) electrons. The lowest BCUT2D eigenvalue weighted by atomic mass is 10.0. The molecule has 0 spiro atoms. The summed E-state index contributed by atoms with van der Waals surface area (Å²) in [6.45, 7) is 3.70. The maximum absolute atomic E-state index is 6.08. The number of benzene rings is 2. The van der Waals surface area contributed by atoms with Crippen LogP contribution < -0.4 is 20.1 Å². The van der Waals surface area contributed by atoms with Crippen LogP contribution in [0.15, 0.2) is 48.5 Å². The molecule has 4 heteroatoms. The normalized spacial score (nSPS) is 17.5. The van der Waals surface area contributed by atoms with Gasteiger partial charge in [0.1, 0.15) is 18.1 Å². The van der Waals surface area contributed by atoms with E-state index in [2.05, 4.69) is 41.0 Å². The van der Waals surface area contributed by atoms with E-state index in [1.807, 2.05) is 18.2 Å². The molecule has 0 aromatic heterocycles. The van der Waals surface area contributed by atoms with E-state index < -0.39 is 0 Å². The molecule has 24 heavy (non-hydrogen) atoms. The molecule has 1 unspecified atom stereocenters. The van der Waals surface area contributed by atoms with Gasteiger partial charge >= 0.3 is 0 Å². The SMILES string of the molecule is COc1cccc(CCc2ccccc2OCC2CNCCN2)c1. The van der Waals surface area contributed by atoms with Gasteiger partial charge in [-0.05, 0) is 42.2 Å². The van der Waals surface area contributed by atoms with Crippen LogP contribution in [0.1, 0.15) is 11.1 Å². The number of hydrogen-bond acceptors (Lipinski definition) is 4. The molecule has 3 rings (SSSR count). The van der Waals surface area contributed by atoms with Crippen molar-refractivity contribution in [3.8, 4) is 11.5 Å². The predicted octanol–water partition coefficient (Wildman–Crippen LogP) is 2.42. The van der Waals surface area contributed by atoms with Crippen molar-refractivity contribution in [1.82, 2.24) is 10.6 Å². The van der Waals surface area contributed by atoms with Crippen molar-refractivity contribution < 1.29 is 9.47 Å². The Morgan fingerprint density at radius 1 is 1.04 bits per heavy atom. The number of nitrogens with one attached hydrogen (secondary N) is 2. The third kappa shape index (κ3) is 4.73. The zero-order chi connectivity index (χ0) is 16.6. The first-order valence-corrected chi connectivity index (χ1v) is 8.63. The van der Waals surface area contributed by atoms with Gasteiger partial charge in [-0.1, -0.05) is 30.3 Å². The van der Waals surface area contributed by atoms with Crippen LogP contribution in [0.4, 0.5) is 0 Å². The van der Waals surface area contributed by atoms with Crippen molar-refractivity contribution in [2.45, 2.75) is 18.9 Å². The maximum Gasteiger partial charge on any atom is 0.122 e. The summed E-state index contributed by atoms with van der Waals surface area (Å²) in [5.41, 5.74) is 2.53. The number of para-hydroxylation sites is 1. The minimum Gasteiger partial charge on any atom is -0.497 e. The second-order valence-electron chi connectivity index (χ2n) is 6.13. The Morgan fingerprint density at radius 3 is 2.79 bits per heavy atom. The first-order chi connectivity index (χ1) is 11.8. The molecular weight excluding hydrogens is 300 g/mol. The highest BCUT2D eigenvalue weighted by molar-refractivity contribution is 5.35. The standard InChI is InChI=1S/C20H26N2O2/c1-23-19-7-4-5-16(13-19)9-10-17-6-2-3-8-20(17)24-15-18-14-21-11-12-22-18/h2-8,13,18,21-22H,9-12,14-15H2,1H3. The zero-order valence-corrected chi connectivity index (χ0v) is 14.3. The van der Waals surface area contributed by atoms with Gasteiger partial charge in [-0.15, -0.1) is 0 Å². The first-order valence-electron chi connectivity index (χ1n) is 8.63. The van der Waals surface area contributed by atoms with E-state index in [-0.39, 0.29) is 0 Å². The van der Waals surface area contributed by atoms with Crippen LogP contribution in [-0.2, 0) is 12.8 Å². The van der Waals surface area contributed by atoms with Gasteiger partial charge in [0.15, 0.2) is 0 Å². The Bertz CT molecular complexity index is 639. The molecule has 2 aromatic rings. The highest BCUT2D eigenvalue weighted by Crippen LogP contribution is 2.21. The molecule has 0 amide bonds. The van der Waals surface area contributed by atoms with E-state index in [0.717, 1.165) is 44.0 Å². The Morgan fingerprint density at radius 2 is 1.96 bits per heavy atom. The zero-order valence-electron chi connectivity index (χ0n) is 14.3. The van der Waals surface area contributed by atoms with Crippen LogP contribution in [-0.4, -0.2) is 39.4 Å². The van der Waals surface area contributed by atoms with Gasteiger partial charge in [0.05, 0.1) is 13.2 Å². The Hall–Kier alpha value is -2.04. The molecule has 1 saturated heterocycles. The summed E-state index contributed by atoms with van der Waals surface area (Å²) in [6, 6.07) is 17.0. The maximum atomic E-state index is 6.08. The Balaban J connectivity index is 1.58. The highest BCUT2D eigenvalue weighted by Gasteiger charge is 2.13. The summed E-state index contributed by atoms with van der Waals surface area (Å²) in [6.07, 6.45) is 1.93. The molecule has 1 fully saturated rings. The number of rotatable bonds is 7. The molecule has 2 N–H and O–H groups in total. The highest BCUT2D eigenvalue weighted by atomic mass is 16.5. The molecular formula is C20H26N2O2. The average Bonchev–Trinajstić information content (AvgIpc) is 2.66. The third-order valence-corrected chi connectivity index (χ3v) is 4.36. The van der Waals surface area contributed by atoms with E-state index in [4.69, 9.17) is 9.47 Å². The molecule has 4 nitrogen and oxygen atoms in total. The van der Waals surface area contributed by atoms with Crippen molar-refractivity contribution >= 4 is 0 Å². The molecule has 0 bridgehead atoms. The quantitative estimate of drug-likeness (QED) is 0.820. The van der Waals surface area contributed by atoms with Crippen molar-refractivity contribution in [3.05, 3.63) is 59.7 Å². The van der Waals surface area contributed by atoms with Gasteiger partial charge in [0.2, 0.25) is 0 Å². The van der Waals surface area contributed by atoms with Crippen molar-refractivity contribution in [3.63, 3.8) is 0 Å². The smallest absolute Gasteiger partial charge is 0.122 e. The van der Waals surface area contributed by atoms with E-state index in [1.165, 1.54) is 11.1 Å². The monoisotopic (exact) mass is 326 g/mol. The molecule has 1 aliphatic heterocycles. The van der Waals surface area contributed by atoms with Gasteiger partial charge in [-0.2, -0.15) is 0 Å². The van der Waals surface area contributed by atoms with E-state index >= 15 is 0 Å². The minimum atomic E-state index is 0.380. The number of aryl methyl sites for hydroxylation is 2. The lowest BCUT2D eigenvalue weighted by molar-refractivity contribution is 0.245. The fraction of sp³-hybridized carbons (Fsp3) is 0.400. The minimum absolute atomic E-state index is 0.380. The summed E-state index contributed by atoms with van der Waals surface area (Å²) >= 11 is 0. The topological polar surface area (TPSA) is 42.5 Å². The van der Waals surface area contributed by atoms with Crippen molar-refractivity contribution in [2.24, 2.45) is 0 Å². The van der Waals surface area contributed by atoms with Gasteiger partial charge in [0, 0.05) is 19.6 Å². The van der Waals surface area contributed by atoms with Crippen LogP contribution in [0.25, 0.3) is 0 Å². The lowest BCUT2D eigenvalue weighted by Crippen LogP contribution is -2.51. The summed E-state index contributed by atoms with van der Waals surface area (Å²) in [5, 5.41) is 6.87. The number of methoxy groups -OCH3 is 1. The predicted molar refractivity (Wildman–Crippen MR) is 97.0 cm³/mol. The summed E-state index contributed by atoms with van der Waals surface area (Å²) in [4.78, 5) is 0. The van der Waals surface area contributed by atoms with E-state index in [9.17, 15) is 0 Å². The molecule has 128 valence electrons. The largest absolute Gasteiger partial charge is 0.497 e. The van der Waals surface area contributed by atoms with Crippen molar-refractivity contribution in [1.29, 1.82) is 0 Å². The van der Waals surface area contributed by atoms with Gasteiger partial charge < -0.3 is 20.1 Å². The van der Waals surface area contributed by atoms with E-state index in [0.29, 0.717) is 12.6 Å². The molecule has 1 aliphatic rings. The average molecular weight is 326 g/mol.